The second-order valence-electron chi connectivity index (χ2n) is 21.4. The van der Waals surface area contributed by atoms with Crippen molar-refractivity contribution in [2.45, 2.75) is 353 Å². The van der Waals surface area contributed by atoms with Crippen LogP contribution in [0.2, 0.25) is 0 Å². The minimum absolute atomic E-state index is 0.00231. The molecule has 0 heterocycles. The zero-order chi connectivity index (χ0) is 50.0. The third kappa shape index (κ3) is 55.5. The molecule has 408 valence electrons. The maximum absolute atomic E-state index is 12.5. The fourth-order valence-corrected chi connectivity index (χ4v) is 9.69. The molecule has 0 aromatic heterocycles. The number of hydrogen-bond acceptors (Lipinski definition) is 5. The number of aliphatic hydroxyl groups is 2. The van der Waals surface area contributed by atoms with Gasteiger partial charge in [-0.15, -0.1) is 0 Å². The minimum atomic E-state index is -0.854. The molecule has 0 bridgehead atoms. The SMILES string of the molecule is CCCCCCCCCCCCCCCCCCCCCCC/C=C/C(O)C(CO)NC(=O)CCCCCCC/C=C\CCCCCCCCCCCOC(=O)CCCCCCCCCCCCC. The lowest BCUT2D eigenvalue weighted by atomic mass is 10.0. The van der Waals surface area contributed by atoms with Crippen LogP contribution >= 0.6 is 0 Å². The smallest absolute Gasteiger partial charge is 0.305 e. The quantitative estimate of drug-likeness (QED) is 0.0321. The van der Waals surface area contributed by atoms with Crippen molar-refractivity contribution >= 4 is 11.9 Å². The van der Waals surface area contributed by atoms with Crippen LogP contribution in [0.15, 0.2) is 24.3 Å². The predicted molar refractivity (Wildman–Crippen MR) is 301 cm³/mol. The van der Waals surface area contributed by atoms with E-state index in [4.69, 9.17) is 4.74 Å². The van der Waals surface area contributed by atoms with Crippen LogP contribution in [0.3, 0.4) is 0 Å². The normalized spacial score (nSPS) is 12.7. The largest absolute Gasteiger partial charge is 0.466 e. The van der Waals surface area contributed by atoms with Crippen LogP contribution in [-0.4, -0.2) is 47.4 Å². The molecule has 6 heteroatoms. The van der Waals surface area contributed by atoms with Gasteiger partial charge in [0.15, 0.2) is 0 Å². The third-order valence-corrected chi connectivity index (χ3v) is 14.5. The number of carbonyl (C=O) groups is 2. The molecule has 0 radical (unpaired) electrons. The van der Waals surface area contributed by atoms with Crippen LogP contribution in [0.4, 0.5) is 0 Å². The topological polar surface area (TPSA) is 95.9 Å². The van der Waals surface area contributed by atoms with Crippen LogP contribution in [0.1, 0.15) is 341 Å². The van der Waals surface area contributed by atoms with Crippen molar-refractivity contribution in [3.8, 4) is 0 Å². The molecule has 0 saturated carbocycles. The van der Waals surface area contributed by atoms with Crippen LogP contribution < -0.4 is 5.32 Å². The van der Waals surface area contributed by atoms with Gasteiger partial charge in [0.1, 0.15) is 0 Å². The first-order chi connectivity index (χ1) is 34.0. The van der Waals surface area contributed by atoms with Crippen molar-refractivity contribution in [2.24, 2.45) is 0 Å². The van der Waals surface area contributed by atoms with Crippen molar-refractivity contribution in [1.29, 1.82) is 0 Å². The summed E-state index contributed by atoms with van der Waals surface area (Å²) in [7, 11) is 0. The van der Waals surface area contributed by atoms with E-state index in [9.17, 15) is 19.8 Å². The Balaban J connectivity index is 3.48. The second-order valence-corrected chi connectivity index (χ2v) is 21.4. The van der Waals surface area contributed by atoms with E-state index in [1.54, 1.807) is 6.08 Å². The van der Waals surface area contributed by atoms with E-state index in [2.05, 4.69) is 31.3 Å². The van der Waals surface area contributed by atoms with Gasteiger partial charge in [0.25, 0.3) is 0 Å². The van der Waals surface area contributed by atoms with Crippen molar-refractivity contribution in [2.75, 3.05) is 13.2 Å². The van der Waals surface area contributed by atoms with Crippen LogP contribution in [0.25, 0.3) is 0 Å². The second kappa shape index (κ2) is 58.9. The predicted octanol–water partition coefficient (Wildman–Crippen LogP) is 19.4. The molecular weight excluding hydrogens is 851 g/mol. The summed E-state index contributed by atoms with van der Waals surface area (Å²) in [6, 6.07) is -0.639. The third-order valence-electron chi connectivity index (χ3n) is 14.5. The molecule has 0 aromatic carbocycles. The average Bonchev–Trinajstić information content (AvgIpc) is 3.35. The van der Waals surface area contributed by atoms with E-state index in [1.165, 1.54) is 257 Å². The van der Waals surface area contributed by atoms with Crippen LogP contribution in [-0.2, 0) is 14.3 Å². The summed E-state index contributed by atoms with van der Waals surface area (Å²) < 4.78 is 5.46. The summed E-state index contributed by atoms with van der Waals surface area (Å²) in [5, 5.41) is 23.2. The summed E-state index contributed by atoms with van der Waals surface area (Å²) in [5.41, 5.74) is 0. The molecule has 0 fully saturated rings. The lowest BCUT2D eigenvalue weighted by Crippen LogP contribution is -2.45. The summed E-state index contributed by atoms with van der Waals surface area (Å²) in [6.45, 7) is 4.91. The van der Waals surface area contributed by atoms with Gasteiger partial charge in [-0.05, 0) is 57.8 Å². The molecule has 0 aliphatic heterocycles. The van der Waals surface area contributed by atoms with Gasteiger partial charge in [-0.3, -0.25) is 9.59 Å². The first-order valence-electron chi connectivity index (χ1n) is 31.1. The molecule has 3 N–H and O–H groups in total. The Morgan fingerprint density at radius 3 is 1.03 bits per heavy atom. The van der Waals surface area contributed by atoms with Gasteiger partial charge in [0.2, 0.25) is 5.91 Å². The standard InChI is InChI=1S/C63H121NO5/c1-3-5-7-9-11-13-15-16-17-18-19-20-21-22-23-26-29-32-36-39-43-47-51-55-61(66)60(59-65)64-62(67)56-52-48-44-40-37-33-30-27-24-25-28-31-34-38-42-46-50-54-58-69-63(68)57-53-49-45-41-35-14-12-10-8-6-4-2/h27,30,51,55,60-61,65-66H,3-26,28-29,31-50,52-54,56-59H2,1-2H3,(H,64,67)/b30-27-,55-51+. The van der Waals surface area contributed by atoms with E-state index in [0.717, 1.165) is 57.8 Å². The highest BCUT2D eigenvalue weighted by atomic mass is 16.5. The maximum atomic E-state index is 12.5. The molecule has 6 nitrogen and oxygen atoms in total. The number of rotatable bonds is 58. The van der Waals surface area contributed by atoms with Crippen molar-refractivity contribution < 1.29 is 24.5 Å². The monoisotopic (exact) mass is 972 g/mol. The number of unbranched alkanes of at least 4 members (excludes halogenated alkanes) is 45. The Morgan fingerprint density at radius 1 is 0.391 bits per heavy atom. The summed E-state index contributed by atoms with van der Waals surface area (Å²) in [5.74, 6) is -0.0767. The Labute approximate surface area is 431 Å². The highest BCUT2D eigenvalue weighted by Gasteiger charge is 2.18. The number of ether oxygens (including phenoxy) is 1. The first kappa shape index (κ1) is 67.3. The van der Waals surface area contributed by atoms with Gasteiger partial charge >= 0.3 is 5.97 Å². The molecular formula is C63H121NO5. The van der Waals surface area contributed by atoms with Gasteiger partial charge < -0.3 is 20.3 Å². The summed E-state index contributed by atoms with van der Waals surface area (Å²) >= 11 is 0. The number of carbonyl (C=O) groups excluding carboxylic acids is 2. The fraction of sp³-hybridized carbons (Fsp3) is 0.905. The minimum Gasteiger partial charge on any atom is -0.466 e. The summed E-state index contributed by atoms with van der Waals surface area (Å²) in [6.07, 6.45) is 72.2. The molecule has 0 aliphatic carbocycles. The molecule has 0 rings (SSSR count). The Bertz CT molecular complexity index is 1080. The molecule has 2 atom stereocenters. The van der Waals surface area contributed by atoms with E-state index >= 15 is 0 Å². The fourth-order valence-electron chi connectivity index (χ4n) is 9.69. The first-order valence-corrected chi connectivity index (χ1v) is 31.1. The van der Waals surface area contributed by atoms with Gasteiger partial charge in [0, 0.05) is 12.8 Å². The zero-order valence-corrected chi connectivity index (χ0v) is 46.6. The molecule has 69 heavy (non-hydrogen) atoms. The lowest BCUT2D eigenvalue weighted by molar-refractivity contribution is -0.143. The van der Waals surface area contributed by atoms with Crippen molar-refractivity contribution in [3.05, 3.63) is 24.3 Å². The molecule has 2 unspecified atom stereocenters. The van der Waals surface area contributed by atoms with Crippen LogP contribution in [0.5, 0.6) is 0 Å². The van der Waals surface area contributed by atoms with Gasteiger partial charge in [0.05, 0.1) is 25.4 Å². The van der Waals surface area contributed by atoms with E-state index < -0.39 is 12.1 Å². The molecule has 0 aromatic rings. The highest BCUT2D eigenvalue weighted by molar-refractivity contribution is 5.76. The average molecular weight is 973 g/mol. The Hall–Kier alpha value is -1.66. The number of allylic oxidation sites excluding steroid dienone is 3. The molecule has 0 spiro atoms. The van der Waals surface area contributed by atoms with Gasteiger partial charge in [-0.1, -0.05) is 295 Å². The van der Waals surface area contributed by atoms with Crippen molar-refractivity contribution in [1.82, 2.24) is 5.32 Å². The number of aliphatic hydroxyl groups excluding tert-OH is 2. The lowest BCUT2D eigenvalue weighted by Gasteiger charge is -2.20. The van der Waals surface area contributed by atoms with Gasteiger partial charge in [-0.25, -0.2) is 0 Å². The van der Waals surface area contributed by atoms with E-state index in [-0.39, 0.29) is 18.5 Å². The van der Waals surface area contributed by atoms with E-state index in [0.29, 0.717) is 19.4 Å². The summed E-state index contributed by atoms with van der Waals surface area (Å²) in [4.78, 5) is 24.5. The zero-order valence-electron chi connectivity index (χ0n) is 46.6. The molecule has 1 amide bonds. The Kier molecular flexibility index (Phi) is 57.5. The van der Waals surface area contributed by atoms with E-state index in [1.807, 2.05) is 6.08 Å². The Morgan fingerprint density at radius 2 is 0.681 bits per heavy atom. The van der Waals surface area contributed by atoms with Crippen molar-refractivity contribution in [3.63, 3.8) is 0 Å². The number of amides is 1. The number of nitrogens with one attached hydrogen (secondary N) is 1. The van der Waals surface area contributed by atoms with Gasteiger partial charge in [-0.2, -0.15) is 0 Å². The number of hydrogen-bond donors (Lipinski definition) is 3. The maximum Gasteiger partial charge on any atom is 0.305 e. The molecule has 0 aliphatic rings. The number of esters is 1. The molecule has 0 saturated heterocycles. The van der Waals surface area contributed by atoms with Crippen LogP contribution in [0, 0.1) is 0 Å². The highest BCUT2D eigenvalue weighted by Crippen LogP contribution is 2.17.